The van der Waals surface area contributed by atoms with Crippen molar-refractivity contribution in [1.82, 2.24) is 4.98 Å². The molecule has 0 radical (unpaired) electrons. The molecule has 0 saturated carbocycles. The quantitative estimate of drug-likeness (QED) is 0.782. The second-order valence-electron chi connectivity index (χ2n) is 4.73. The van der Waals surface area contributed by atoms with E-state index < -0.39 is 6.10 Å². The Kier molecular flexibility index (Phi) is 3.32. The van der Waals surface area contributed by atoms with Gasteiger partial charge in [-0.1, -0.05) is 24.3 Å². The molecule has 1 unspecified atom stereocenters. The highest BCUT2D eigenvalue weighted by Crippen LogP contribution is 2.31. The molecule has 3 aromatic rings. The number of hydrogen-bond acceptors (Lipinski definition) is 3. The number of benzene rings is 1. The van der Waals surface area contributed by atoms with Gasteiger partial charge < -0.3 is 5.11 Å². The Labute approximate surface area is 116 Å². The molecule has 2 heterocycles. The van der Waals surface area contributed by atoms with Crippen LogP contribution in [-0.2, 0) is 6.42 Å². The van der Waals surface area contributed by atoms with Crippen LogP contribution in [0.4, 0.5) is 0 Å². The summed E-state index contributed by atoms with van der Waals surface area (Å²) in [5.74, 6) is 0. The predicted octanol–water partition coefficient (Wildman–Crippen LogP) is 3.88. The zero-order valence-corrected chi connectivity index (χ0v) is 11.5. The first-order valence-corrected chi connectivity index (χ1v) is 7.18. The number of rotatable bonds is 3. The first-order valence-electron chi connectivity index (χ1n) is 6.30. The maximum absolute atomic E-state index is 10.4. The van der Waals surface area contributed by atoms with Crippen LogP contribution < -0.4 is 0 Å². The van der Waals surface area contributed by atoms with Crippen molar-refractivity contribution in [2.45, 2.75) is 19.4 Å². The monoisotopic (exact) mass is 269 g/mol. The van der Waals surface area contributed by atoms with E-state index in [0.29, 0.717) is 6.42 Å². The number of nitrogens with zero attached hydrogens (tertiary/aromatic N) is 1. The van der Waals surface area contributed by atoms with Crippen molar-refractivity contribution in [2.75, 3.05) is 0 Å². The molecule has 0 amide bonds. The Morgan fingerprint density at radius 3 is 2.84 bits per heavy atom. The number of hydrogen-bond donors (Lipinski definition) is 1. The molecule has 0 bridgehead atoms. The number of fused-ring (bicyclic) bond motifs is 1. The van der Waals surface area contributed by atoms with Crippen molar-refractivity contribution in [2.24, 2.45) is 0 Å². The number of aromatic nitrogens is 1. The standard InChI is InChI=1S/C16H15NOS/c1-11-6-7-12(17-9-11)8-15(18)14-10-19-16-5-3-2-4-13(14)16/h2-7,9-10,15,18H,8H2,1H3. The molecule has 0 spiro atoms. The van der Waals surface area contributed by atoms with Crippen molar-refractivity contribution < 1.29 is 5.11 Å². The van der Waals surface area contributed by atoms with Crippen molar-refractivity contribution >= 4 is 21.4 Å². The third-order valence-corrected chi connectivity index (χ3v) is 4.23. The van der Waals surface area contributed by atoms with Gasteiger partial charge in [-0.25, -0.2) is 0 Å². The molecule has 3 heteroatoms. The highest BCUT2D eigenvalue weighted by atomic mass is 32.1. The van der Waals surface area contributed by atoms with Gasteiger partial charge in [0.2, 0.25) is 0 Å². The fourth-order valence-electron chi connectivity index (χ4n) is 2.18. The van der Waals surface area contributed by atoms with Gasteiger partial charge in [0.05, 0.1) is 6.10 Å². The maximum atomic E-state index is 10.4. The smallest absolute Gasteiger partial charge is 0.0859 e. The zero-order valence-electron chi connectivity index (χ0n) is 10.7. The van der Waals surface area contributed by atoms with E-state index in [4.69, 9.17) is 0 Å². The summed E-state index contributed by atoms with van der Waals surface area (Å²) < 4.78 is 1.22. The molecule has 2 nitrogen and oxygen atoms in total. The van der Waals surface area contributed by atoms with E-state index in [0.717, 1.165) is 22.2 Å². The van der Waals surface area contributed by atoms with Crippen LogP contribution in [0.1, 0.15) is 22.9 Å². The summed E-state index contributed by atoms with van der Waals surface area (Å²) in [5, 5.41) is 13.6. The molecule has 1 N–H and O–H groups in total. The van der Waals surface area contributed by atoms with Crippen LogP contribution in [0.15, 0.2) is 48.0 Å². The minimum absolute atomic E-state index is 0.494. The molecule has 19 heavy (non-hydrogen) atoms. The van der Waals surface area contributed by atoms with Crippen LogP contribution >= 0.6 is 11.3 Å². The van der Waals surface area contributed by atoms with Crippen molar-refractivity contribution in [3.05, 3.63) is 64.8 Å². The average molecular weight is 269 g/mol. The van der Waals surface area contributed by atoms with Crippen LogP contribution in [0.25, 0.3) is 10.1 Å². The molecule has 0 aliphatic heterocycles. The lowest BCUT2D eigenvalue weighted by molar-refractivity contribution is 0.179. The predicted molar refractivity (Wildman–Crippen MR) is 79.5 cm³/mol. The van der Waals surface area contributed by atoms with E-state index in [1.54, 1.807) is 11.3 Å². The molecule has 1 aromatic carbocycles. The Hall–Kier alpha value is -1.71. The van der Waals surface area contributed by atoms with Gasteiger partial charge in [-0.3, -0.25) is 4.98 Å². The summed E-state index contributed by atoms with van der Waals surface area (Å²) in [6.45, 7) is 2.01. The molecule has 3 rings (SSSR count). The van der Waals surface area contributed by atoms with Gasteiger partial charge in [0.15, 0.2) is 0 Å². The molecule has 2 aromatic heterocycles. The molecular weight excluding hydrogens is 254 g/mol. The van der Waals surface area contributed by atoms with Crippen LogP contribution in [0.5, 0.6) is 0 Å². The van der Waals surface area contributed by atoms with Crippen molar-refractivity contribution in [3.8, 4) is 0 Å². The fourth-order valence-corrected chi connectivity index (χ4v) is 3.19. The lowest BCUT2D eigenvalue weighted by Crippen LogP contribution is -2.02. The summed E-state index contributed by atoms with van der Waals surface area (Å²) in [5.41, 5.74) is 3.07. The molecular formula is C16H15NOS. The van der Waals surface area contributed by atoms with Gasteiger partial charge in [0, 0.05) is 23.0 Å². The number of thiophene rings is 1. The fraction of sp³-hybridized carbons (Fsp3) is 0.188. The van der Waals surface area contributed by atoms with E-state index in [-0.39, 0.29) is 0 Å². The second-order valence-corrected chi connectivity index (χ2v) is 5.65. The number of pyridine rings is 1. The summed E-state index contributed by atoms with van der Waals surface area (Å²) in [6, 6.07) is 12.2. The highest BCUT2D eigenvalue weighted by Gasteiger charge is 2.14. The lowest BCUT2D eigenvalue weighted by atomic mass is 10.0. The van der Waals surface area contributed by atoms with Gasteiger partial charge in [-0.15, -0.1) is 11.3 Å². The number of aliphatic hydroxyl groups is 1. The van der Waals surface area contributed by atoms with Gasteiger partial charge >= 0.3 is 0 Å². The van der Waals surface area contributed by atoms with Gasteiger partial charge in [-0.2, -0.15) is 0 Å². The minimum atomic E-state index is -0.494. The summed E-state index contributed by atoms with van der Waals surface area (Å²) in [4.78, 5) is 4.35. The first-order chi connectivity index (χ1) is 9.24. The SMILES string of the molecule is Cc1ccc(CC(O)c2csc3ccccc23)nc1. The Balaban J connectivity index is 1.87. The third-order valence-electron chi connectivity index (χ3n) is 3.25. The molecule has 96 valence electrons. The molecule has 0 aliphatic carbocycles. The molecule has 0 saturated heterocycles. The van der Waals surface area contributed by atoms with Crippen LogP contribution in [-0.4, -0.2) is 10.1 Å². The number of aryl methyl sites for hydroxylation is 1. The topological polar surface area (TPSA) is 33.1 Å². The highest BCUT2D eigenvalue weighted by molar-refractivity contribution is 7.17. The van der Waals surface area contributed by atoms with E-state index in [2.05, 4.69) is 17.1 Å². The van der Waals surface area contributed by atoms with Crippen molar-refractivity contribution in [3.63, 3.8) is 0 Å². The van der Waals surface area contributed by atoms with Crippen LogP contribution in [0.3, 0.4) is 0 Å². The van der Waals surface area contributed by atoms with Gasteiger partial charge in [0.1, 0.15) is 0 Å². The normalized spacial score (nSPS) is 12.7. The largest absolute Gasteiger partial charge is 0.388 e. The first kappa shape index (κ1) is 12.3. The third kappa shape index (κ3) is 2.53. The maximum Gasteiger partial charge on any atom is 0.0859 e. The average Bonchev–Trinajstić information content (AvgIpc) is 2.85. The minimum Gasteiger partial charge on any atom is -0.388 e. The zero-order chi connectivity index (χ0) is 13.2. The summed E-state index contributed by atoms with van der Waals surface area (Å²) in [6.07, 6.45) is 1.90. The lowest BCUT2D eigenvalue weighted by Gasteiger charge is -2.09. The summed E-state index contributed by atoms with van der Waals surface area (Å²) >= 11 is 1.67. The van der Waals surface area contributed by atoms with E-state index >= 15 is 0 Å². The molecule has 0 fully saturated rings. The van der Waals surface area contributed by atoms with E-state index in [1.807, 2.05) is 42.8 Å². The van der Waals surface area contributed by atoms with Gasteiger partial charge in [-0.05, 0) is 40.9 Å². The van der Waals surface area contributed by atoms with E-state index in [1.165, 1.54) is 4.70 Å². The Bertz CT molecular complexity index is 687. The number of aliphatic hydroxyl groups excluding tert-OH is 1. The summed E-state index contributed by atoms with van der Waals surface area (Å²) in [7, 11) is 0. The Morgan fingerprint density at radius 2 is 2.05 bits per heavy atom. The van der Waals surface area contributed by atoms with Crippen LogP contribution in [0, 0.1) is 6.92 Å². The molecule has 0 aliphatic rings. The molecule has 1 atom stereocenters. The Morgan fingerprint density at radius 1 is 1.21 bits per heavy atom. The van der Waals surface area contributed by atoms with Gasteiger partial charge in [0.25, 0.3) is 0 Å². The van der Waals surface area contributed by atoms with E-state index in [9.17, 15) is 5.11 Å². The van der Waals surface area contributed by atoms with Crippen molar-refractivity contribution in [1.29, 1.82) is 0 Å². The van der Waals surface area contributed by atoms with Crippen LogP contribution in [0.2, 0.25) is 0 Å². The second kappa shape index (κ2) is 5.11.